The number of rotatable bonds is 4. The van der Waals surface area contributed by atoms with Gasteiger partial charge in [-0.1, -0.05) is 38.6 Å². The van der Waals surface area contributed by atoms with Crippen LogP contribution in [0.2, 0.25) is 19.6 Å². The Morgan fingerprint density at radius 1 is 1.38 bits per heavy atom. The standard InChI is InChI=1S/C11H19Si.Li/c1-5-6-7-8-9-10-11-12(2,3)4;/h5,9H,1,6-8H2,2-4H3;/q-1;+1. The smallest absolute Gasteiger partial charge is 0.332 e. The van der Waals surface area contributed by atoms with Gasteiger partial charge in [-0.3, -0.25) is 5.92 Å². The Balaban J connectivity index is 0. The molecule has 0 radical (unpaired) electrons. The van der Waals surface area contributed by atoms with Crippen LogP contribution >= 0.6 is 0 Å². The molecule has 0 bridgehead atoms. The van der Waals surface area contributed by atoms with E-state index >= 15 is 0 Å². The predicted molar refractivity (Wildman–Crippen MR) is 59.5 cm³/mol. The third-order valence-corrected chi connectivity index (χ3v) is 2.20. The first-order valence-corrected chi connectivity index (χ1v) is 8.01. The van der Waals surface area contributed by atoms with Gasteiger partial charge in [-0.2, -0.15) is 6.42 Å². The van der Waals surface area contributed by atoms with Crippen molar-refractivity contribution in [1.29, 1.82) is 0 Å². The van der Waals surface area contributed by atoms with Crippen LogP contribution in [0, 0.1) is 17.9 Å². The fourth-order valence-electron chi connectivity index (χ4n) is 0.704. The zero-order chi connectivity index (χ0) is 9.45. The molecule has 0 nitrogen and oxygen atoms in total. The minimum Gasteiger partial charge on any atom is -0.332 e. The maximum absolute atomic E-state index is 3.67. The molecule has 2 heteroatoms. The summed E-state index contributed by atoms with van der Waals surface area (Å²) >= 11 is 0. The van der Waals surface area contributed by atoms with E-state index in [1.807, 2.05) is 6.08 Å². The van der Waals surface area contributed by atoms with E-state index in [-0.39, 0.29) is 18.9 Å². The van der Waals surface area contributed by atoms with Gasteiger partial charge in [-0.05, 0) is 6.42 Å². The van der Waals surface area contributed by atoms with Gasteiger partial charge in [-0.25, -0.2) is 0 Å². The average molecular weight is 186 g/mol. The molecule has 0 saturated heterocycles. The van der Waals surface area contributed by atoms with Crippen molar-refractivity contribution >= 4 is 8.07 Å². The summed E-state index contributed by atoms with van der Waals surface area (Å²) in [7, 11) is -1.14. The van der Waals surface area contributed by atoms with Gasteiger partial charge in [-0.15, -0.1) is 6.58 Å². The number of allylic oxidation sites excluding steroid dienone is 1. The van der Waals surface area contributed by atoms with E-state index in [0.29, 0.717) is 0 Å². The Labute approximate surface area is 96.4 Å². The third-order valence-electron chi connectivity index (χ3n) is 1.31. The first-order valence-electron chi connectivity index (χ1n) is 4.51. The molecule has 0 atom stereocenters. The molecule has 0 aromatic rings. The topological polar surface area (TPSA) is 0 Å². The maximum Gasteiger partial charge on any atom is 1.00 e. The molecular weight excluding hydrogens is 167 g/mol. The van der Waals surface area contributed by atoms with Crippen molar-refractivity contribution in [2.24, 2.45) is 0 Å². The molecule has 0 spiro atoms. The second kappa shape index (κ2) is 8.58. The Bertz CT molecular complexity index is 180. The number of unbranched alkanes of at least 4 members (excludes halogenated alkanes) is 3. The van der Waals surface area contributed by atoms with E-state index in [1.54, 1.807) is 0 Å². The van der Waals surface area contributed by atoms with E-state index in [9.17, 15) is 0 Å². The van der Waals surface area contributed by atoms with Crippen LogP contribution in [-0.2, 0) is 0 Å². The zero-order valence-corrected chi connectivity index (χ0v) is 10.5. The molecule has 0 saturated carbocycles. The Hall–Kier alpha value is -0.0157. The Morgan fingerprint density at radius 2 is 2.00 bits per heavy atom. The van der Waals surface area contributed by atoms with Crippen molar-refractivity contribution in [2.45, 2.75) is 38.9 Å². The minimum absolute atomic E-state index is 0. The summed E-state index contributed by atoms with van der Waals surface area (Å²) in [6, 6.07) is 0. The van der Waals surface area contributed by atoms with Crippen LogP contribution in [0.25, 0.3) is 0 Å². The minimum atomic E-state index is -1.14. The summed E-state index contributed by atoms with van der Waals surface area (Å²) in [5.74, 6) is 3.14. The summed E-state index contributed by atoms with van der Waals surface area (Å²) < 4.78 is 0. The normalized spacial score (nSPS) is 9.15. The van der Waals surface area contributed by atoms with Crippen LogP contribution in [0.1, 0.15) is 19.3 Å². The van der Waals surface area contributed by atoms with Crippen LogP contribution in [0.4, 0.5) is 0 Å². The van der Waals surface area contributed by atoms with Crippen molar-refractivity contribution in [1.82, 2.24) is 0 Å². The summed E-state index contributed by atoms with van der Waals surface area (Å²) in [6.45, 7) is 10.5. The first-order chi connectivity index (χ1) is 5.56. The second-order valence-corrected chi connectivity index (χ2v) is 8.69. The molecule has 0 aliphatic heterocycles. The van der Waals surface area contributed by atoms with Gasteiger partial charge in [0.05, 0.1) is 0 Å². The van der Waals surface area contributed by atoms with Crippen LogP contribution in [0.15, 0.2) is 12.7 Å². The molecule has 0 aromatic carbocycles. The average Bonchev–Trinajstić information content (AvgIpc) is 1.94. The molecule has 0 unspecified atom stereocenters. The SMILES string of the molecule is C=CCCC[CH-]C#C[Si](C)(C)C.[Li+]. The van der Waals surface area contributed by atoms with Crippen LogP contribution < -0.4 is 18.9 Å². The molecule has 0 aliphatic carbocycles. The Morgan fingerprint density at radius 3 is 2.46 bits per heavy atom. The summed E-state index contributed by atoms with van der Waals surface area (Å²) in [5.41, 5.74) is 3.31. The van der Waals surface area contributed by atoms with Gasteiger partial charge < -0.3 is 5.54 Å². The van der Waals surface area contributed by atoms with Crippen molar-refractivity contribution < 1.29 is 18.9 Å². The molecular formula is C11H19LiSi. The van der Waals surface area contributed by atoms with E-state index in [2.05, 4.69) is 44.1 Å². The Kier molecular flexibility index (Phi) is 10.2. The molecule has 13 heavy (non-hydrogen) atoms. The molecule has 68 valence electrons. The number of hydrogen-bond acceptors (Lipinski definition) is 0. The van der Waals surface area contributed by atoms with Gasteiger partial charge in [0.15, 0.2) is 0 Å². The predicted octanol–water partition coefficient (Wildman–Crippen LogP) is 0.432. The van der Waals surface area contributed by atoms with Crippen molar-refractivity contribution in [3.63, 3.8) is 0 Å². The molecule has 0 rings (SSSR count). The first kappa shape index (κ1) is 15.5. The quantitative estimate of drug-likeness (QED) is 0.196. The zero-order valence-electron chi connectivity index (χ0n) is 9.48. The van der Waals surface area contributed by atoms with Crippen molar-refractivity contribution in [2.75, 3.05) is 0 Å². The molecule has 0 fully saturated rings. The van der Waals surface area contributed by atoms with Gasteiger partial charge in [0.2, 0.25) is 0 Å². The molecule has 0 aliphatic rings. The summed E-state index contributed by atoms with van der Waals surface area (Å²) in [4.78, 5) is 0. The fourth-order valence-corrected chi connectivity index (χ4v) is 1.24. The molecule has 0 heterocycles. The monoisotopic (exact) mass is 186 g/mol. The molecule has 0 aromatic heterocycles. The third kappa shape index (κ3) is 14.8. The van der Waals surface area contributed by atoms with Gasteiger partial charge in [0.1, 0.15) is 0 Å². The summed E-state index contributed by atoms with van der Waals surface area (Å²) in [5, 5.41) is 0. The van der Waals surface area contributed by atoms with Gasteiger partial charge >= 0.3 is 18.9 Å². The largest absolute Gasteiger partial charge is 1.00 e. The maximum atomic E-state index is 3.67. The van der Waals surface area contributed by atoms with Crippen LogP contribution in [-0.4, -0.2) is 8.07 Å². The van der Waals surface area contributed by atoms with E-state index < -0.39 is 8.07 Å². The van der Waals surface area contributed by atoms with E-state index in [0.717, 1.165) is 12.8 Å². The summed E-state index contributed by atoms with van der Waals surface area (Å²) in [6.07, 6.45) is 7.43. The van der Waals surface area contributed by atoms with Gasteiger partial charge in [0.25, 0.3) is 0 Å². The van der Waals surface area contributed by atoms with E-state index in [4.69, 9.17) is 0 Å². The van der Waals surface area contributed by atoms with Crippen LogP contribution in [0.5, 0.6) is 0 Å². The molecule has 0 N–H and O–H groups in total. The number of hydrogen-bond donors (Lipinski definition) is 0. The van der Waals surface area contributed by atoms with Crippen LogP contribution in [0.3, 0.4) is 0 Å². The van der Waals surface area contributed by atoms with Crippen molar-refractivity contribution in [3.8, 4) is 11.5 Å². The van der Waals surface area contributed by atoms with Crippen molar-refractivity contribution in [3.05, 3.63) is 19.1 Å². The van der Waals surface area contributed by atoms with E-state index in [1.165, 1.54) is 6.42 Å². The second-order valence-electron chi connectivity index (χ2n) is 3.94. The van der Waals surface area contributed by atoms with Gasteiger partial charge in [0, 0.05) is 8.07 Å². The fraction of sp³-hybridized carbons (Fsp3) is 0.545. The molecule has 0 amide bonds.